The normalized spacial score (nSPS) is 17.2. The molecule has 1 aliphatic carbocycles. The monoisotopic (exact) mass is 232 g/mol. The van der Waals surface area contributed by atoms with Gasteiger partial charge in [-0.1, -0.05) is 12.5 Å². The molecule has 0 saturated heterocycles. The maximum Gasteiger partial charge on any atom is 0.140 e. The fourth-order valence-electron chi connectivity index (χ4n) is 2.15. The van der Waals surface area contributed by atoms with Crippen LogP contribution < -0.4 is 5.32 Å². The summed E-state index contributed by atoms with van der Waals surface area (Å²) in [7, 11) is 0. The SMILES string of the molecule is CC(NCc1ccc(F)c(C#N)c1)C1CCC1. The van der Waals surface area contributed by atoms with Crippen molar-refractivity contribution in [2.45, 2.75) is 38.8 Å². The van der Waals surface area contributed by atoms with E-state index in [0.717, 1.165) is 11.5 Å². The smallest absolute Gasteiger partial charge is 0.140 e. The Kier molecular flexibility index (Phi) is 3.75. The molecule has 1 fully saturated rings. The lowest BCUT2D eigenvalue weighted by molar-refractivity contribution is 0.240. The molecule has 1 aromatic rings. The van der Waals surface area contributed by atoms with Crippen LogP contribution in [0.25, 0.3) is 0 Å². The molecule has 1 atom stereocenters. The van der Waals surface area contributed by atoms with Gasteiger partial charge >= 0.3 is 0 Å². The highest BCUT2D eigenvalue weighted by atomic mass is 19.1. The number of hydrogen-bond acceptors (Lipinski definition) is 2. The first-order valence-corrected chi connectivity index (χ1v) is 6.12. The zero-order chi connectivity index (χ0) is 12.3. The molecule has 0 amide bonds. The van der Waals surface area contributed by atoms with Crippen molar-refractivity contribution < 1.29 is 4.39 Å². The van der Waals surface area contributed by atoms with Crippen molar-refractivity contribution in [1.82, 2.24) is 5.32 Å². The summed E-state index contributed by atoms with van der Waals surface area (Å²) in [5.74, 6) is 0.342. The van der Waals surface area contributed by atoms with E-state index in [1.54, 1.807) is 12.1 Å². The van der Waals surface area contributed by atoms with Crippen LogP contribution in [0, 0.1) is 23.1 Å². The maximum absolute atomic E-state index is 13.1. The Morgan fingerprint density at radius 1 is 1.53 bits per heavy atom. The highest BCUT2D eigenvalue weighted by Gasteiger charge is 2.23. The molecular formula is C14H17FN2. The average molecular weight is 232 g/mol. The Hall–Kier alpha value is -1.40. The van der Waals surface area contributed by atoms with Crippen LogP contribution in [0.2, 0.25) is 0 Å². The van der Waals surface area contributed by atoms with Gasteiger partial charge in [0.2, 0.25) is 0 Å². The van der Waals surface area contributed by atoms with E-state index in [0.29, 0.717) is 12.6 Å². The number of benzene rings is 1. The largest absolute Gasteiger partial charge is 0.310 e. The van der Waals surface area contributed by atoms with Crippen LogP contribution >= 0.6 is 0 Å². The Bertz CT molecular complexity index is 432. The fourth-order valence-corrected chi connectivity index (χ4v) is 2.15. The van der Waals surface area contributed by atoms with Crippen LogP contribution in [-0.4, -0.2) is 6.04 Å². The van der Waals surface area contributed by atoms with Crippen molar-refractivity contribution in [3.05, 3.63) is 35.1 Å². The van der Waals surface area contributed by atoms with Crippen molar-refractivity contribution >= 4 is 0 Å². The van der Waals surface area contributed by atoms with Crippen molar-refractivity contribution in [1.29, 1.82) is 5.26 Å². The molecule has 90 valence electrons. The number of rotatable bonds is 4. The van der Waals surface area contributed by atoms with Gasteiger partial charge in [-0.2, -0.15) is 5.26 Å². The summed E-state index contributed by atoms with van der Waals surface area (Å²) in [4.78, 5) is 0. The summed E-state index contributed by atoms with van der Waals surface area (Å²) in [6.45, 7) is 2.89. The van der Waals surface area contributed by atoms with E-state index in [1.807, 2.05) is 6.07 Å². The summed E-state index contributed by atoms with van der Waals surface area (Å²) in [5.41, 5.74) is 1.09. The van der Waals surface area contributed by atoms with Gasteiger partial charge in [0, 0.05) is 12.6 Å². The molecule has 1 aliphatic rings. The van der Waals surface area contributed by atoms with Crippen molar-refractivity contribution in [3.8, 4) is 6.07 Å². The molecule has 0 aliphatic heterocycles. The molecule has 3 heteroatoms. The van der Waals surface area contributed by atoms with E-state index in [1.165, 1.54) is 25.3 Å². The van der Waals surface area contributed by atoms with Gasteiger partial charge in [0.25, 0.3) is 0 Å². The molecule has 1 aromatic carbocycles. The summed E-state index contributed by atoms with van der Waals surface area (Å²) in [5, 5.41) is 12.2. The molecule has 0 radical (unpaired) electrons. The first-order chi connectivity index (χ1) is 8.20. The van der Waals surface area contributed by atoms with Gasteiger partial charge in [0.1, 0.15) is 11.9 Å². The number of nitrogens with one attached hydrogen (secondary N) is 1. The Morgan fingerprint density at radius 2 is 2.29 bits per heavy atom. The molecule has 2 nitrogen and oxygen atoms in total. The quantitative estimate of drug-likeness (QED) is 0.866. The van der Waals surface area contributed by atoms with E-state index in [4.69, 9.17) is 5.26 Å². The number of halogens is 1. The fraction of sp³-hybridized carbons (Fsp3) is 0.500. The van der Waals surface area contributed by atoms with Crippen molar-refractivity contribution in [2.75, 3.05) is 0 Å². The van der Waals surface area contributed by atoms with Gasteiger partial charge in [0.15, 0.2) is 0 Å². The van der Waals surface area contributed by atoms with Crippen LogP contribution in [0.15, 0.2) is 18.2 Å². The van der Waals surface area contributed by atoms with Gasteiger partial charge in [0.05, 0.1) is 5.56 Å². The van der Waals surface area contributed by atoms with Crippen LogP contribution in [0.5, 0.6) is 0 Å². The predicted molar refractivity (Wildman–Crippen MR) is 64.8 cm³/mol. The van der Waals surface area contributed by atoms with E-state index in [-0.39, 0.29) is 5.56 Å². The number of nitrogens with zero attached hydrogens (tertiary/aromatic N) is 1. The third kappa shape index (κ3) is 2.83. The molecular weight excluding hydrogens is 215 g/mol. The second-order valence-electron chi connectivity index (χ2n) is 4.79. The first kappa shape index (κ1) is 12.1. The molecule has 0 spiro atoms. The number of hydrogen-bond donors (Lipinski definition) is 1. The molecule has 1 saturated carbocycles. The van der Waals surface area contributed by atoms with Crippen LogP contribution in [-0.2, 0) is 6.54 Å². The van der Waals surface area contributed by atoms with Gasteiger partial charge in [-0.3, -0.25) is 0 Å². The molecule has 0 bridgehead atoms. The molecule has 0 heterocycles. The molecule has 17 heavy (non-hydrogen) atoms. The van der Waals surface area contributed by atoms with Crippen LogP contribution in [0.1, 0.15) is 37.3 Å². The van der Waals surface area contributed by atoms with Gasteiger partial charge in [-0.25, -0.2) is 4.39 Å². The van der Waals surface area contributed by atoms with E-state index in [2.05, 4.69) is 12.2 Å². The topological polar surface area (TPSA) is 35.8 Å². The summed E-state index contributed by atoms with van der Waals surface area (Å²) in [6.07, 6.45) is 3.95. The second kappa shape index (κ2) is 5.29. The Labute approximate surface area is 101 Å². The molecule has 0 aromatic heterocycles. The second-order valence-corrected chi connectivity index (χ2v) is 4.79. The van der Waals surface area contributed by atoms with E-state index < -0.39 is 5.82 Å². The predicted octanol–water partition coefficient (Wildman–Crippen LogP) is 2.98. The molecule has 2 rings (SSSR count). The van der Waals surface area contributed by atoms with Crippen LogP contribution in [0.3, 0.4) is 0 Å². The van der Waals surface area contributed by atoms with E-state index in [9.17, 15) is 4.39 Å². The third-order valence-electron chi connectivity index (χ3n) is 3.64. The lowest BCUT2D eigenvalue weighted by Crippen LogP contribution is -2.36. The van der Waals surface area contributed by atoms with Crippen molar-refractivity contribution in [3.63, 3.8) is 0 Å². The summed E-state index contributed by atoms with van der Waals surface area (Å²) >= 11 is 0. The molecule has 1 N–H and O–H groups in total. The minimum atomic E-state index is -0.441. The first-order valence-electron chi connectivity index (χ1n) is 6.12. The summed E-state index contributed by atoms with van der Waals surface area (Å²) in [6, 6.07) is 7.08. The summed E-state index contributed by atoms with van der Waals surface area (Å²) < 4.78 is 13.1. The maximum atomic E-state index is 13.1. The minimum Gasteiger partial charge on any atom is -0.310 e. The Morgan fingerprint density at radius 3 is 2.88 bits per heavy atom. The lowest BCUT2D eigenvalue weighted by atomic mass is 9.80. The zero-order valence-corrected chi connectivity index (χ0v) is 10.0. The highest BCUT2D eigenvalue weighted by molar-refractivity contribution is 5.34. The van der Waals surface area contributed by atoms with Crippen molar-refractivity contribution in [2.24, 2.45) is 5.92 Å². The zero-order valence-electron chi connectivity index (χ0n) is 10.0. The minimum absolute atomic E-state index is 0.126. The van der Waals surface area contributed by atoms with Gasteiger partial charge in [-0.05, 0) is 43.4 Å². The third-order valence-corrected chi connectivity index (χ3v) is 3.64. The van der Waals surface area contributed by atoms with Gasteiger partial charge < -0.3 is 5.32 Å². The standard InChI is InChI=1S/C14H17FN2/c1-10(12-3-2-4-12)17-9-11-5-6-14(15)13(7-11)8-16/h5-7,10,12,17H,2-4,9H2,1H3. The highest BCUT2D eigenvalue weighted by Crippen LogP contribution is 2.29. The average Bonchev–Trinajstić information content (AvgIpc) is 2.25. The van der Waals surface area contributed by atoms with E-state index >= 15 is 0 Å². The van der Waals surface area contributed by atoms with Gasteiger partial charge in [-0.15, -0.1) is 0 Å². The van der Waals surface area contributed by atoms with Crippen LogP contribution in [0.4, 0.5) is 4.39 Å². The Balaban J connectivity index is 1.92. The molecule has 1 unspecified atom stereocenters. The lowest BCUT2D eigenvalue weighted by Gasteiger charge is -2.32. The number of nitriles is 1.